The van der Waals surface area contributed by atoms with Crippen LogP contribution >= 0.6 is 0 Å². The van der Waals surface area contributed by atoms with E-state index in [0.717, 1.165) is 0 Å². The fraction of sp³-hybridized carbons (Fsp3) is 0.605. The molecule has 15 nitrogen and oxygen atoms in total. The molecule has 1 amide bonds. The molecule has 16 heteroatoms. The molecular formula is C38H47FN2O13. The lowest BCUT2D eigenvalue weighted by Gasteiger charge is -2.62. The molecule has 5 rings (SSSR count). The third-order valence-corrected chi connectivity index (χ3v) is 12.2. The average Bonchev–Trinajstić information content (AvgIpc) is 3.31. The molecule has 3 fully saturated rings. The van der Waals surface area contributed by atoms with E-state index in [9.17, 15) is 44.3 Å². The third kappa shape index (κ3) is 7.37. The summed E-state index contributed by atoms with van der Waals surface area (Å²) in [6.07, 6.45) is 3.01. The van der Waals surface area contributed by atoms with Crippen LogP contribution in [-0.2, 0) is 39.9 Å². The summed E-state index contributed by atoms with van der Waals surface area (Å²) in [6, 6.07) is 4.87. The van der Waals surface area contributed by atoms with Crippen molar-refractivity contribution < 1.29 is 62.7 Å². The summed E-state index contributed by atoms with van der Waals surface area (Å²) in [6.45, 7) is 5.29. The summed E-state index contributed by atoms with van der Waals surface area (Å²) in [4.78, 5) is 77.3. The number of Topliss-reactive ketones (excluding diaryl/α,β-unsaturated/α-hetero) is 1. The molecule has 0 heterocycles. The Morgan fingerprint density at radius 3 is 2.44 bits per heavy atom. The van der Waals surface area contributed by atoms with Crippen molar-refractivity contribution in [2.75, 3.05) is 19.8 Å². The molecule has 9 atom stereocenters. The molecule has 0 radical (unpaired) electrons. The SMILES string of the molecule is CC(=O)N[C@@H](Cc1ccc(OC(=O)OCC(=O)[C@@]2(O)[C@@H](C)C[C@H]3[C@@H]4CCC5=CC(=O)C=C[C@]5(C)[C@@]4(F)[C@@H](O)C[C@@]32C)cc1)C(=O)OCCCCO[N+](=O)[O-]. The first kappa shape index (κ1) is 40.5. The van der Waals surface area contributed by atoms with Gasteiger partial charge in [0.25, 0.3) is 5.09 Å². The van der Waals surface area contributed by atoms with Gasteiger partial charge in [-0.05, 0) is 87.1 Å². The van der Waals surface area contributed by atoms with Crippen molar-refractivity contribution >= 4 is 29.6 Å². The van der Waals surface area contributed by atoms with E-state index in [2.05, 4.69) is 10.2 Å². The minimum absolute atomic E-state index is 0.0329. The summed E-state index contributed by atoms with van der Waals surface area (Å²) in [7, 11) is 0. The number of rotatable bonds is 14. The third-order valence-electron chi connectivity index (χ3n) is 12.2. The second kappa shape index (κ2) is 15.6. The standard InChI is InChI=1S/C38H47FN2O13/c1-22-17-29-28-12-9-25-19-26(43)13-14-35(25,3)37(28,39)31(44)20-36(29,4)38(22,48)32(45)21-52-34(47)54-27-10-7-24(8-11-27)18-30(40-23(2)42)33(46)51-15-5-6-16-53-41(49)50/h7-8,10-11,13-14,19,22,28-31,44,48H,5-6,9,12,15-18,20-21H2,1-4H3,(H,40,42)/t22-,28-,29-,30-,31-,35-,36-,37-,38-/m0/s1. The van der Waals surface area contributed by atoms with Gasteiger partial charge in [-0.15, -0.1) is 10.1 Å². The second-order valence-electron chi connectivity index (χ2n) is 15.3. The smallest absolute Gasteiger partial charge is 0.464 e. The molecule has 0 aromatic heterocycles. The number of alkyl halides is 1. The monoisotopic (exact) mass is 758 g/mol. The molecule has 0 unspecified atom stereocenters. The van der Waals surface area contributed by atoms with Gasteiger partial charge >= 0.3 is 12.1 Å². The molecule has 0 aliphatic heterocycles. The highest BCUT2D eigenvalue weighted by Crippen LogP contribution is 2.70. The maximum Gasteiger partial charge on any atom is 0.514 e. The number of ketones is 2. The van der Waals surface area contributed by atoms with Crippen LogP contribution in [0.5, 0.6) is 5.75 Å². The van der Waals surface area contributed by atoms with Gasteiger partial charge in [0.2, 0.25) is 11.7 Å². The van der Waals surface area contributed by atoms with E-state index in [1.807, 2.05) is 0 Å². The van der Waals surface area contributed by atoms with Crippen LogP contribution in [0.4, 0.5) is 9.18 Å². The number of nitrogens with zero attached hydrogens (tertiary/aromatic N) is 1. The number of carbonyl (C=O) groups is 5. The number of carbonyl (C=O) groups excluding carboxylic acids is 5. The van der Waals surface area contributed by atoms with E-state index in [0.29, 0.717) is 36.8 Å². The molecule has 0 bridgehead atoms. The average molecular weight is 759 g/mol. The Morgan fingerprint density at radius 2 is 1.78 bits per heavy atom. The zero-order valence-electron chi connectivity index (χ0n) is 30.7. The second-order valence-corrected chi connectivity index (χ2v) is 15.3. The van der Waals surface area contributed by atoms with Gasteiger partial charge in [0, 0.05) is 30.1 Å². The summed E-state index contributed by atoms with van der Waals surface area (Å²) in [5.41, 5.74) is -5.44. The van der Waals surface area contributed by atoms with E-state index in [1.54, 1.807) is 32.9 Å². The highest BCUT2D eigenvalue weighted by Gasteiger charge is 2.75. The normalized spacial score (nSPS) is 32.9. The highest BCUT2D eigenvalue weighted by atomic mass is 19.1. The number of hydrogen-bond acceptors (Lipinski definition) is 13. The number of benzene rings is 1. The maximum absolute atomic E-state index is 17.4. The van der Waals surface area contributed by atoms with Crippen LogP contribution in [0.25, 0.3) is 0 Å². The Hall–Kier alpha value is -4.70. The number of halogens is 1. The van der Waals surface area contributed by atoms with Crippen LogP contribution in [0.3, 0.4) is 0 Å². The number of nitrogens with one attached hydrogen (secondary N) is 1. The van der Waals surface area contributed by atoms with Crippen LogP contribution in [0.15, 0.2) is 48.1 Å². The Kier molecular flexibility index (Phi) is 11.7. The lowest BCUT2D eigenvalue weighted by Crippen LogP contribution is -2.69. The van der Waals surface area contributed by atoms with Crippen LogP contribution in [0, 0.1) is 38.7 Å². The first-order valence-electron chi connectivity index (χ1n) is 18.1. The Bertz CT molecular complexity index is 1730. The molecule has 0 spiro atoms. The maximum atomic E-state index is 17.4. The zero-order valence-corrected chi connectivity index (χ0v) is 30.7. The number of amides is 1. The Balaban J connectivity index is 1.17. The van der Waals surface area contributed by atoms with Crippen molar-refractivity contribution in [3.05, 3.63) is 63.7 Å². The van der Waals surface area contributed by atoms with Gasteiger partial charge in [0.1, 0.15) is 17.4 Å². The summed E-state index contributed by atoms with van der Waals surface area (Å²) in [5.74, 6) is -4.01. The number of allylic oxidation sites excluding steroid dienone is 4. The number of hydrogen-bond donors (Lipinski definition) is 3. The molecule has 54 heavy (non-hydrogen) atoms. The molecule has 4 aliphatic carbocycles. The van der Waals surface area contributed by atoms with E-state index in [1.165, 1.54) is 37.3 Å². The van der Waals surface area contributed by atoms with Crippen molar-refractivity contribution in [3.8, 4) is 5.75 Å². The largest absolute Gasteiger partial charge is 0.514 e. The summed E-state index contributed by atoms with van der Waals surface area (Å²) < 4.78 is 33.0. The lowest BCUT2D eigenvalue weighted by atomic mass is 9.44. The lowest BCUT2D eigenvalue weighted by molar-refractivity contribution is -0.757. The van der Waals surface area contributed by atoms with Gasteiger partial charge in [0.15, 0.2) is 18.1 Å². The van der Waals surface area contributed by atoms with E-state index in [4.69, 9.17) is 14.2 Å². The molecule has 4 aliphatic rings. The Labute approximate surface area is 311 Å². The number of ether oxygens (including phenoxy) is 3. The molecule has 0 saturated heterocycles. The highest BCUT2D eigenvalue weighted by molar-refractivity contribution is 6.01. The molecular weight excluding hydrogens is 711 g/mol. The molecule has 294 valence electrons. The number of esters is 1. The molecule has 1 aromatic carbocycles. The minimum atomic E-state index is -2.13. The van der Waals surface area contributed by atoms with Crippen LogP contribution in [0.1, 0.15) is 71.8 Å². The van der Waals surface area contributed by atoms with Crippen molar-refractivity contribution in [2.24, 2.45) is 28.6 Å². The molecule has 3 saturated carbocycles. The number of unbranched alkanes of at least 4 members (excludes halogenated alkanes) is 1. The first-order chi connectivity index (χ1) is 25.4. The van der Waals surface area contributed by atoms with Crippen molar-refractivity contribution in [3.63, 3.8) is 0 Å². The van der Waals surface area contributed by atoms with Gasteiger partial charge in [0.05, 0.1) is 19.3 Å². The predicted molar refractivity (Wildman–Crippen MR) is 186 cm³/mol. The fourth-order valence-corrected chi connectivity index (χ4v) is 9.49. The van der Waals surface area contributed by atoms with Crippen LogP contribution in [-0.4, -0.2) is 88.1 Å². The minimum Gasteiger partial charge on any atom is -0.464 e. The number of fused-ring (bicyclic) bond motifs is 5. The number of aliphatic hydroxyl groups excluding tert-OH is 1. The van der Waals surface area contributed by atoms with Crippen molar-refractivity contribution in [2.45, 2.75) is 96.1 Å². The van der Waals surface area contributed by atoms with Gasteiger partial charge in [-0.3, -0.25) is 14.4 Å². The fourth-order valence-electron chi connectivity index (χ4n) is 9.49. The van der Waals surface area contributed by atoms with E-state index in [-0.39, 0.29) is 44.0 Å². The van der Waals surface area contributed by atoms with Gasteiger partial charge < -0.3 is 34.6 Å². The first-order valence-corrected chi connectivity index (χ1v) is 18.1. The predicted octanol–water partition coefficient (Wildman–Crippen LogP) is 3.70. The van der Waals surface area contributed by atoms with Crippen molar-refractivity contribution in [1.82, 2.24) is 5.32 Å². The Morgan fingerprint density at radius 1 is 1.09 bits per heavy atom. The topological polar surface area (TPSA) is 218 Å². The van der Waals surface area contributed by atoms with E-state index < -0.39 is 87.5 Å². The summed E-state index contributed by atoms with van der Waals surface area (Å²) in [5, 5.41) is 35.5. The van der Waals surface area contributed by atoms with Crippen LogP contribution in [0.2, 0.25) is 0 Å². The summed E-state index contributed by atoms with van der Waals surface area (Å²) >= 11 is 0. The van der Waals surface area contributed by atoms with Crippen LogP contribution < -0.4 is 10.1 Å². The molecule has 1 aromatic rings. The van der Waals surface area contributed by atoms with Gasteiger partial charge in [-0.2, -0.15) is 0 Å². The van der Waals surface area contributed by atoms with E-state index >= 15 is 4.39 Å². The van der Waals surface area contributed by atoms with Gasteiger partial charge in [-0.25, -0.2) is 14.0 Å². The van der Waals surface area contributed by atoms with Gasteiger partial charge in [-0.1, -0.05) is 37.6 Å². The number of aliphatic hydroxyl groups is 2. The zero-order chi connectivity index (χ0) is 39.6. The quantitative estimate of drug-likeness (QED) is 0.0812. The molecule has 3 N–H and O–H groups in total. The van der Waals surface area contributed by atoms with Crippen molar-refractivity contribution in [1.29, 1.82) is 0 Å².